The van der Waals surface area contributed by atoms with Crippen molar-refractivity contribution in [3.8, 4) is 0 Å². The summed E-state index contributed by atoms with van der Waals surface area (Å²) in [6.07, 6.45) is 1.42. The highest BCUT2D eigenvalue weighted by Gasteiger charge is 2.50. The molecule has 2 nitrogen and oxygen atoms in total. The Balaban J connectivity index is 2.00. The van der Waals surface area contributed by atoms with Crippen LogP contribution in [0.2, 0.25) is 0 Å². The van der Waals surface area contributed by atoms with Crippen LogP contribution < -0.4 is 0 Å². The minimum absolute atomic E-state index is 0.274. The smallest absolute Gasteiger partial charge is 0.310 e. The summed E-state index contributed by atoms with van der Waals surface area (Å²) in [6.45, 7) is 0. The third-order valence-electron chi connectivity index (χ3n) is 2.65. The number of carboxylic acids is 1. The van der Waals surface area contributed by atoms with Gasteiger partial charge in [-0.3, -0.25) is 4.79 Å². The average molecular weight is 226 g/mol. The van der Waals surface area contributed by atoms with Crippen molar-refractivity contribution in [1.29, 1.82) is 0 Å². The lowest BCUT2D eigenvalue weighted by atomic mass is 10.1. The van der Waals surface area contributed by atoms with E-state index in [4.69, 9.17) is 5.11 Å². The molecule has 0 heterocycles. The van der Waals surface area contributed by atoms with E-state index >= 15 is 0 Å². The zero-order chi connectivity index (χ0) is 10.9. The molecule has 0 amide bonds. The van der Waals surface area contributed by atoms with Crippen LogP contribution in [-0.4, -0.2) is 16.8 Å². The predicted molar refractivity (Wildman–Crippen MR) is 56.4 cm³/mol. The van der Waals surface area contributed by atoms with E-state index in [0.717, 1.165) is 0 Å². The third kappa shape index (κ3) is 2.15. The van der Waals surface area contributed by atoms with Crippen LogP contribution in [0, 0.1) is 11.2 Å². The number of hydrogen-bond donors (Lipinski definition) is 1. The summed E-state index contributed by atoms with van der Waals surface area (Å²) >= 11 is 1.29. The van der Waals surface area contributed by atoms with Gasteiger partial charge < -0.3 is 5.11 Å². The van der Waals surface area contributed by atoms with E-state index in [9.17, 15) is 9.18 Å². The number of thioether (sulfide) groups is 1. The fourth-order valence-corrected chi connectivity index (χ4v) is 2.57. The first-order chi connectivity index (χ1) is 7.14. The largest absolute Gasteiger partial charge is 0.481 e. The Kier molecular flexibility index (Phi) is 2.69. The number of rotatable bonds is 4. The first-order valence-electron chi connectivity index (χ1n) is 4.75. The summed E-state index contributed by atoms with van der Waals surface area (Å²) in [5.74, 6) is -0.571. The summed E-state index contributed by atoms with van der Waals surface area (Å²) in [7, 11) is 0. The standard InChI is InChI=1S/C11H11FO2S/c12-8-3-1-2-4-9(8)15-7-11(5-6-11)10(13)14/h1-4H,5-7H2,(H,13,14). The van der Waals surface area contributed by atoms with Gasteiger partial charge in [0.15, 0.2) is 0 Å². The van der Waals surface area contributed by atoms with Gasteiger partial charge in [-0.2, -0.15) is 0 Å². The van der Waals surface area contributed by atoms with E-state index in [-0.39, 0.29) is 5.82 Å². The molecule has 1 aromatic rings. The van der Waals surface area contributed by atoms with Crippen LogP contribution in [0.4, 0.5) is 4.39 Å². The van der Waals surface area contributed by atoms with E-state index in [1.807, 2.05) is 0 Å². The Morgan fingerprint density at radius 2 is 2.13 bits per heavy atom. The second kappa shape index (κ2) is 3.85. The highest BCUT2D eigenvalue weighted by atomic mass is 32.2. The van der Waals surface area contributed by atoms with Gasteiger partial charge >= 0.3 is 5.97 Å². The zero-order valence-electron chi connectivity index (χ0n) is 8.07. The molecule has 4 heteroatoms. The second-order valence-electron chi connectivity index (χ2n) is 3.80. The Morgan fingerprint density at radius 3 is 2.67 bits per heavy atom. The molecule has 1 aliphatic rings. The SMILES string of the molecule is O=C(O)C1(CSc2ccccc2F)CC1. The van der Waals surface area contributed by atoms with Gasteiger partial charge in [-0.15, -0.1) is 11.8 Å². The second-order valence-corrected chi connectivity index (χ2v) is 4.82. The van der Waals surface area contributed by atoms with Crippen LogP contribution in [0.15, 0.2) is 29.2 Å². The number of benzene rings is 1. The lowest BCUT2D eigenvalue weighted by Crippen LogP contribution is -2.17. The average Bonchev–Trinajstić information content (AvgIpc) is 2.98. The molecule has 1 aromatic carbocycles. The molecule has 0 aliphatic heterocycles. The molecule has 0 unspecified atom stereocenters. The van der Waals surface area contributed by atoms with Gasteiger partial charge in [0.05, 0.1) is 5.41 Å². The molecule has 15 heavy (non-hydrogen) atoms. The molecule has 0 radical (unpaired) electrons. The summed E-state index contributed by atoms with van der Waals surface area (Å²) in [5.41, 5.74) is -0.590. The van der Waals surface area contributed by atoms with E-state index in [1.165, 1.54) is 17.8 Å². The number of hydrogen-bond acceptors (Lipinski definition) is 2. The van der Waals surface area contributed by atoms with Gasteiger partial charge in [0, 0.05) is 10.6 Å². The van der Waals surface area contributed by atoms with Crippen molar-refractivity contribution in [2.75, 3.05) is 5.75 Å². The van der Waals surface area contributed by atoms with Gasteiger partial charge in [-0.25, -0.2) is 4.39 Å². The van der Waals surface area contributed by atoms with Crippen molar-refractivity contribution in [2.45, 2.75) is 17.7 Å². The van der Waals surface area contributed by atoms with Crippen LogP contribution in [0.1, 0.15) is 12.8 Å². The van der Waals surface area contributed by atoms with Crippen molar-refractivity contribution in [3.63, 3.8) is 0 Å². The van der Waals surface area contributed by atoms with Crippen LogP contribution >= 0.6 is 11.8 Å². The fourth-order valence-electron chi connectivity index (χ4n) is 1.35. The molecule has 1 saturated carbocycles. The zero-order valence-corrected chi connectivity index (χ0v) is 8.89. The molecule has 0 saturated heterocycles. The highest BCUT2D eigenvalue weighted by molar-refractivity contribution is 7.99. The number of halogens is 1. The maximum absolute atomic E-state index is 13.2. The summed E-state index contributed by atoms with van der Waals surface area (Å²) < 4.78 is 13.2. The van der Waals surface area contributed by atoms with Gasteiger partial charge in [-0.05, 0) is 25.0 Å². The van der Waals surface area contributed by atoms with Crippen LogP contribution in [0.5, 0.6) is 0 Å². The number of aliphatic carboxylic acids is 1. The summed E-state index contributed by atoms with van der Waals surface area (Å²) in [6, 6.07) is 6.45. The lowest BCUT2D eigenvalue weighted by molar-refractivity contribution is -0.142. The maximum Gasteiger partial charge on any atom is 0.310 e. The van der Waals surface area contributed by atoms with Gasteiger partial charge in [-0.1, -0.05) is 12.1 Å². The molecule has 2 rings (SSSR count). The molecule has 1 N–H and O–H groups in total. The Morgan fingerprint density at radius 1 is 1.47 bits per heavy atom. The fraction of sp³-hybridized carbons (Fsp3) is 0.364. The van der Waals surface area contributed by atoms with Crippen LogP contribution in [-0.2, 0) is 4.79 Å². The van der Waals surface area contributed by atoms with E-state index in [2.05, 4.69) is 0 Å². The van der Waals surface area contributed by atoms with Crippen molar-refractivity contribution in [2.24, 2.45) is 5.41 Å². The minimum Gasteiger partial charge on any atom is -0.481 e. The first kappa shape index (κ1) is 10.5. The van der Waals surface area contributed by atoms with Gasteiger partial charge in [0.1, 0.15) is 5.82 Å². The van der Waals surface area contributed by atoms with Crippen LogP contribution in [0.25, 0.3) is 0 Å². The van der Waals surface area contributed by atoms with Gasteiger partial charge in [0.2, 0.25) is 0 Å². The normalized spacial score (nSPS) is 17.4. The van der Waals surface area contributed by atoms with Crippen LogP contribution in [0.3, 0.4) is 0 Å². The molecule has 0 atom stereocenters. The molecule has 0 aromatic heterocycles. The molecular formula is C11H11FO2S. The molecule has 1 fully saturated rings. The lowest BCUT2D eigenvalue weighted by Gasteiger charge is -2.08. The van der Waals surface area contributed by atoms with E-state index < -0.39 is 11.4 Å². The maximum atomic E-state index is 13.2. The van der Waals surface area contributed by atoms with E-state index in [1.54, 1.807) is 18.2 Å². The molecule has 1 aliphatic carbocycles. The van der Waals surface area contributed by atoms with E-state index in [0.29, 0.717) is 23.5 Å². The topological polar surface area (TPSA) is 37.3 Å². The van der Waals surface area contributed by atoms with Crippen molar-refractivity contribution in [1.82, 2.24) is 0 Å². The summed E-state index contributed by atoms with van der Waals surface area (Å²) in [5, 5.41) is 8.94. The number of carbonyl (C=O) groups is 1. The number of carboxylic acid groups (broad SMARTS) is 1. The highest BCUT2D eigenvalue weighted by Crippen LogP contribution is 2.49. The molecule has 0 bridgehead atoms. The third-order valence-corrected chi connectivity index (χ3v) is 3.99. The molecule has 80 valence electrons. The van der Waals surface area contributed by atoms with Crippen molar-refractivity contribution in [3.05, 3.63) is 30.1 Å². The quantitative estimate of drug-likeness (QED) is 0.802. The van der Waals surface area contributed by atoms with Gasteiger partial charge in [0.25, 0.3) is 0 Å². The minimum atomic E-state index is -0.758. The Bertz CT molecular complexity index is 388. The first-order valence-corrected chi connectivity index (χ1v) is 5.73. The Labute approximate surface area is 91.5 Å². The molecule has 0 spiro atoms. The molecular weight excluding hydrogens is 215 g/mol. The van der Waals surface area contributed by atoms with Crippen molar-refractivity contribution < 1.29 is 14.3 Å². The predicted octanol–water partition coefficient (Wildman–Crippen LogP) is 2.78. The monoisotopic (exact) mass is 226 g/mol. The Hall–Kier alpha value is -1.03. The summed E-state index contributed by atoms with van der Waals surface area (Å²) in [4.78, 5) is 11.4. The van der Waals surface area contributed by atoms with Crippen molar-refractivity contribution >= 4 is 17.7 Å².